The Kier molecular flexibility index (Phi) is 9.37. The lowest BCUT2D eigenvalue weighted by Crippen LogP contribution is -2.45. The van der Waals surface area contributed by atoms with Gasteiger partial charge in [-0.1, -0.05) is 53.4 Å². The van der Waals surface area contributed by atoms with E-state index in [0.29, 0.717) is 26.4 Å². The van der Waals surface area contributed by atoms with Gasteiger partial charge in [0.25, 0.3) is 5.91 Å². The molecule has 0 spiro atoms. The molecule has 1 saturated heterocycles. The van der Waals surface area contributed by atoms with Gasteiger partial charge in [0.2, 0.25) is 0 Å². The van der Waals surface area contributed by atoms with Crippen LogP contribution in [-0.4, -0.2) is 48.5 Å². The smallest absolute Gasteiger partial charge is 0.303 e. The van der Waals surface area contributed by atoms with Crippen LogP contribution in [0.3, 0.4) is 0 Å². The Morgan fingerprint density at radius 1 is 0.971 bits per heavy atom. The average Bonchev–Trinajstić information content (AvgIpc) is 3.11. The molecule has 0 saturated carbocycles. The molecule has 1 amide bonds. The molecule has 1 fully saturated rings. The van der Waals surface area contributed by atoms with E-state index in [1.165, 1.54) is 6.42 Å². The first-order valence-corrected chi connectivity index (χ1v) is 13.3. The SMILES string of the molecule is Cc1c(C(=O)NN2CCCCC2)nn(-c2ccc(Cl)cc2Cl)c1-c1ccc(Cl)cc1.O=P(O)(O)O. The molecule has 35 heavy (non-hydrogen) atoms. The lowest BCUT2D eigenvalue weighted by molar-refractivity contribution is 0.0743. The van der Waals surface area contributed by atoms with Crippen molar-refractivity contribution in [2.24, 2.45) is 0 Å². The molecule has 0 bridgehead atoms. The highest BCUT2D eigenvalue weighted by atomic mass is 35.5. The van der Waals surface area contributed by atoms with Gasteiger partial charge >= 0.3 is 7.82 Å². The molecule has 1 aliphatic heterocycles. The van der Waals surface area contributed by atoms with E-state index in [9.17, 15) is 4.79 Å². The number of nitrogens with zero attached hydrogens (tertiary/aromatic N) is 3. The fourth-order valence-electron chi connectivity index (χ4n) is 3.69. The van der Waals surface area contributed by atoms with Gasteiger partial charge in [0.1, 0.15) is 0 Å². The summed E-state index contributed by atoms with van der Waals surface area (Å²) < 4.78 is 10.6. The molecule has 0 radical (unpaired) electrons. The highest BCUT2D eigenvalue weighted by molar-refractivity contribution is 7.45. The van der Waals surface area contributed by atoms with Gasteiger partial charge in [-0.05, 0) is 50.1 Å². The normalized spacial score (nSPS) is 14.3. The number of benzene rings is 2. The summed E-state index contributed by atoms with van der Waals surface area (Å²) in [5, 5.41) is 8.22. The van der Waals surface area contributed by atoms with Gasteiger partial charge in [0.05, 0.1) is 16.4 Å². The quantitative estimate of drug-likeness (QED) is 0.330. The third kappa shape index (κ3) is 7.77. The number of phosphoric acid groups is 1. The van der Waals surface area contributed by atoms with E-state index in [2.05, 4.69) is 10.5 Å². The molecular formula is C22H24Cl3N4O5P. The van der Waals surface area contributed by atoms with Crippen molar-refractivity contribution in [3.63, 3.8) is 0 Å². The zero-order valence-corrected chi connectivity index (χ0v) is 21.8. The molecule has 9 nitrogen and oxygen atoms in total. The van der Waals surface area contributed by atoms with E-state index in [1.54, 1.807) is 22.9 Å². The minimum Gasteiger partial charge on any atom is -0.303 e. The van der Waals surface area contributed by atoms with Crippen LogP contribution in [0.4, 0.5) is 0 Å². The molecule has 0 atom stereocenters. The Balaban J connectivity index is 0.000000623. The molecule has 1 aliphatic rings. The van der Waals surface area contributed by atoms with E-state index in [1.807, 2.05) is 36.2 Å². The maximum Gasteiger partial charge on any atom is 0.466 e. The Labute approximate surface area is 217 Å². The summed E-state index contributed by atoms with van der Waals surface area (Å²) in [6, 6.07) is 12.6. The summed E-state index contributed by atoms with van der Waals surface area (Å²) >= 11 is 18.6. The number of hydrogen-bond donors (Lipinski definition) is 4. The fourth-order valence-corrected chi connectivity index (χ4v) is 4.30. The number of aromatic nitrogens is 2. The summed E-state index contributed by atoms with van der Waals surface area (Å²) in [6.07, 6.45) is 3.34. The van der Waals surface area contributed by atoms with Crippen LogP contribution >= 0.6 is 42.6 Å². The highest BCUT2D eigenvalue weighted by Gasteiger charge is 2.24. The predicted octanol–water partition coefficient (Wildman–Crippen LogP) is 5.01. The Morgan fingerprint density at radius 3 is 2.11 bits per heavy atom. The van der Waals surface area contributed by atoms with Crippen LogP contribution in [0.15, 0.2) is 42.5 Å². The van der Waals surface area contributed by atoms with Crippen molar-refractivity contribution >= 4 is 48.5 Å². The number of amides is 1. The van der Waals surface area contributed by atoms with Crippen LogP contribution in [-0.2, 0) is 4.57 Å². The van der Waals surface area contributed by atoms with Gasteiger partial charge in [-0.25, -0.2) is 14.3 Å². The van der Waals surface area contributed by atoms with Crippen molar-refractivity contribution in [2.75, 3.05) is 13.1 Å². The molecule has 13 heteroatoms. The van der Waals surface area contributed by atoms with E-state index in [0.717, 1.165) is 42.8 Å². The molecule has 2 aromatic carbocycles. The van der Waals surface area contributed by atoms with Gasteiger partial charge in [0.15, 0.2) is 5.69 Å². The fraction of sp³-hybridized carbons (Fsp3) is 0.273. The minimum absolute atomic E-state index is 0.228. The van der Waals surface area contributed by atoms with E-state index < -0.39 is 7.82 Å². The van der Waals surface area contributed by atoms with Crippen molar-refractivity contribution in [3.05, 3.63) is 68.8 Å². The standard InChI is InChI=1S/C22H21Cl3N4O.H3O4P/c1-14-20(22(30)27-28-11-3-2-4-12-28)26-29(19-10-9-17(24)13-18(19)25)21(14)15-5-7-16(23)8-6-15;1-5(2,3)4/h5-10,13H,2-4,11-12H2,1H3,(H,27,30);(H3,1,2,3,4). The van der Waals surface area contributed by atoms with Crippen molar-refractivity contribution in [2.45, 2.75) is 26.2 Å². The van der Waals surface area contributed by atoms with Crippen LogP contribution in [0.5, 0.6) is 0 Å². The largest absolute Gasteiger partial charge is 0.466 e. The summed E-state index contributed by atoms with van der Waals surface area (Å²) in [4.78, 5) is 34.6. The topological polar surface area (TPSA) is 128 Å². The average molecular weight is 562 g/mol. The number of carbonyl (C=O) groups is 1. The zero-order chi connectivity index (χ0) is 25.8. The van der Waals surface area contributed by atoms with Crippen LogP contribution < -0.4 is 5.43 Å². The molecule has 4 rings (SSSR count). The van der Waals surface area contributed by atoms with Crippen LogP contribution in [0.25, 0.3) is 16.9 Å². The number of nitrogens with one attached hydrogen (secondary N) is 1. The van der Waals surface area contributed by atoms with Crippen molar-refractivity contribution < 1.29 is 24.0 Å². The third-order valence-corrected chi connectivity index (χ3v) is 6.00. The summed E-state index contributed by atoms with van der Waals surface area (Å²) in [6.45, 7) is 3.58. The molecule has 4 N–H and O–H groups in total. The van der Waals surface area contributed by atoms with Crippen molar-refractivity contribution in [1.29, 1.82) is 0 Å². The van der Waals surface area contributed by atoms with Gasteiger partial charge in [-0.2, -0.15) is 5.10 Å². The van der Waals surface area contributed by atoms with Gasteiger partial charge in [0, 0.05) is 34.3 Å². The van der Waals surface area contributed by atoms with Crippen LogP contribution in [0, 0.1) is 6.92 Å². The van der Waals surface area contributed by atoms with E-state index >= 15 is 0 Å². The molecule has 0 unspecified atom stereocenters. The molecular weight excluding hydrogens is 538 g/mol. The molecule has 188 valence electrons. The molecule has 3 aromatic rings. The summed E-state index contributed by atoms with van der Waals surface area (Å²) in [7, 11) is -4.64. The molecule has 2 heterocycles. The Morgan fingerprint density at radius 2 is 1.54 bits per heavy atom. The van der Waals surface area contributed by atoms with Gasteiger partial charge in [-0.15, -0.1) is 0 Å². The minimum atomic E-state index is -4.64. The first-order chi connectivity index (χ1) is 16.4. The lowest BCUT2D eigenvalue weighted by Gasteiger charge is -2.26. The molecule has 0 aliphatic carbocycles. The predicted molar refractivity (Wildman–Crippen MR) is 136 cm³/mol. The lowest BCUT2D eigenvalue weighted by atomic mass is 10.1. The monoisotopic (exact) mass is 560 g/mol. The third-order valence-electron chi connectivity index (χ3n) is 5.21. The highest BCUT2D eigenvalue weighted by Crippen LogP contribution is 2.33. The second-order valence-electron chi connectivity index (χ2n) is 7.84. The number of rotatable bonds is 4. The number of hydrazine groups is 1. The van der Waals surface area contributed by atoms with Gasteiger partial charge < -0.3 is 14.7 Å². The van der Waals surface area contributed by atoms with E-state index in [-0.39, 0.29) is 5.91 Å². The number of halogens is 3. The van der Waals surface area contributed by atoms with Crippen LogP contribution in [0.2, 0.25) is 15.1 Å². The summed E-state index contributed by atoms with van der Waals surface area (Å²) in [5.41, 5.74) is 6.42. The number of hydrogen-bond acceptors (Lipinski definition) is 4. The Hall–Kier alpha value is -1.94. The maximum absolute atomic E-state index is 13.1. The number of piperidine rings is 1. The zero-order valence-electron chi connectivity index (χ0n) is 18.7. The maximum atomic E-state index is 13.1. The van der Waals surface area contributed by atoms with Gasteiger partial charge in [-0.3, -0.25) is 10.2 Å². The first-order valence-electron chi connectivity index (χ1n) is 10.6. The molecule has 1 aromatic heterocycles. The summed E-state index contributed by atoms with van der Waals surface area (Å²) in [5.74, 6) is -0.228. The van der Waals surface area contributed by atoms with Crippen molar-refractivity contribution in [3.8, 4) is 16.9 Å². The van der Waals surface area contributed by atoms with Crippen LogP contribution in [0.1, 0.15) is 35.3 Å². The van der Waals surface area contributed by atoms with Crippen molar-refractivity contribution in [1.82, 2.24) is 20.2 Å². The second kappa shape index (κ2) is 11.9. The number of carbonyl (C=O) groups excluding carboxylic acids is 1. The first kappa shape index (κ1) is 27.6. The Bertz CT molecular complexity index is 1230. The van der Waals surface area contributed by atoms with E-state index in [4.69, 9.17) is 54.0 Å². The second-order valence-corrected chi connectivity index (χ2v) is 10.1.